The van der Waals surface area contributed by atoms with Crippen molar-refractivity contribution in [2.45, 2.75) is 12.3 Å². The van der Waals surface area contributed by atoms with Crippen molar-refractivity contribution in [3.63, 3.8) is 0 Å². The van der Waals surface area contributed by atoms with E-state index in [1.165, 1.54) is 6.07 Å². The fourth-order valence-corrected chi connectivity index (χ4v) is 1.25. The monoisotopic (exact) mass is 247 g/mol. The zero-order chi connectivity index (χ0) is 12.3. The van der Waals surface area contributed by atoms with E-state index in [0.29, 0.717) is 0 Å². The molecule has 0 aromatic carbocycles. The number of nitrogens with zero attached hydrogens (tertiary/aromatic N) is 3. The summed E-state index contributed by atoms with van der Waals surface area (Å²) in [5.74, 6) is -0.195. The van der Waals surface area contributed by atoms with Crippen molar-refractivity contribution in [1.29, 1.82) is 5.26 Å². The molecule has 0 aliphatic rings. The van der Waals surface area contributed by atoms with E-state index in [1.807, 2.05) is 0 Å². The molecule has 0 aliphatic carbocycles. The van der Waals surface area contributed by atoms with Gasteiger partial charge in [0.25, 0.3) is 12.1 Å². The number of halogens is 3. The van der Waals surface area contributed by atoms with Gasteiger partial charge in [-0.05, 0) is 0 Å². The molecular weight excluding hydrogens is 244 g/mol. The SMILES string of the molecule is N#Cc1nc(CCl)cc([N+](=O)[O-])c1C(F)F. The lowest BCUT2D eigenvalue weighted by Crippen LogP contribution is -2.04. The first-order valence-electron chi connectivity index (χ1n) is 3.93. The summed E-state index contributed by atoms with van der Waals surface area (Å²) >= 11 is 5.38. The first-order chi connectivity index (χ1) is 7.51. The number of rotatable bonds is 3. The molecule has 0 saturated carbocycles. The predicted molar refractivity (Wildman–Crippen MR) is 50.1 cm³/mol. The van der Waals surface area contributed by atoms with Crippen LogP contribution in [0.5, 0.6) is 0 Å². The molecule has 1 aromatic heterocycles. The van der Waals surface area contributed by atoms with Crippen LogP contribution in [0.15, 0.2) is 6.07 Å². The molecule has 1 heterocycles. The number of hydrogen-bond acceptors (Lipinski definition) is 4. The van der Waals surface area contributed by atoms with Gasteiger partial charge in [-0.2, -0.15) is 5.26 Å². The molecular formula is C8H4ClF2N3O2. The topological polar surface area (TPSA) is 79.8 Å². The van der Waals surface area contributed by atoms with Crippen molar-refractivity contribution in [3.05, 3.63) is 33.1 Å². The highest BCUT2D eigenvalue weighted by Crippen LogP contribution is 2.31. The first kappa shape index (κ1) is 12.3. The second-order valence-corrected chi connectivity index (χ2v) is 2.97. The Morgan fingerprint density at radius 2 is 2.31 bits per heavy atom. The van der Waals surface area contributed by atoms with E-state index in [2.05, 4.69) is 4.98 Å². The van der Waals surface area contributed by atoms with Gasteiger partial charge in [0.2, 0.25) is 0 Å². The van der Waals surface area contributed by atoms with E-state index in [9.17, 15) is 18.9 Å². The number of pyridine rings is 1. The molecule has 0 bridgehead atoms. The van der Waals surface area contributed by atoms with Crippen LogP contribution in [0.4, 0.5) is 14.5 Å². The third-order valence-corrected chi connectivity index (χ3v) is 2.02. The summed E-state index contributed by atoms with van der Waals surface area (Å²) in [4.78, 5) is 13.1. The predicted octanol–water partition coefficient (Wildman–Crippen LogP) is 2.54. The van der Waals surface area contributed by atoms with Gasteiger partial charge in [0.1, 0.15) is 11.6 Å². The zero-order valence-corrected chi connectivity index (χ0v) is 8.41. The summed E-state index contributed by atoms with van der Waals surface area (Å²) in [5.41, 5.74) is -2.47. The minimum absolute atomic E-state index is 0.00863. The highest BCUT2D eigenvalue weighted by molar-refractivity contribution is 6.16. The molecule has 1 rings (SSSR count). The van der Waals surface area contributed by atoms with Crippen molar-refractivity contribution in [1.82, 2.24) is 4.98 Å². The van der Waals surface area contributed by atoms with Crippen molar-refractivity contribution >= 4 is 17.3 Å². The second-order valence-electron chi connectivity index (χ2n) is 2.70. The molecule has 0 atom stereocenters. The molecule has 1 aromatic rings. The summed E-state index contributed by atoms with van der Waals surface area (Å²) in [6.07, 6.45) is -3.13. The second kappa shape index (κ2) is 4.81. The fourth-order valence-electron chi connectivity index (χ4n) is 1.11. The highest BCUT2D eigenvalue weighted by Gasteiger charge is 2.27. The van der Waals surface area contributed by atoms with Crippen LogP contribution in [-0.2, 0) is 5.88 Å². The van der Waals surface area contributed by atoms with Gasteiger partial charge in [-0.3, -0.25) is 10.1 Å². The molecule has 0 spiro atoms. The van der Waals surface area contributed by atoms with Crippen LogP contribution >= 0.6 is 11.6 Å². The minimum Gasteiger partial charge on any atom is -0.258 e. The van der Waals surface area contributed by atoms with Crippen molar-refractivity contribution in [2.24, 2.45) is 0 Å². The zero-order valence-electron chi connectivity index (χ0n) is 7.65. The molecule has 0 saturated heterocycles. The van der Waals surface area contributed by atoms with Crippen molar-refractivity contribution in [3.8, 4) is 6.07 Å². The Morgan fingerprint density at radius 1 is 1.69 bits per heavy atom. The Kier molecular flexibility index (Phi) is 3.68. The summed E-state index contributed by atoms with van der Waals surface area (Å²) in [7, 11) is 0. The van der Waals surface area contributed by atoms with Gasteiger partial charge >= 0.3 is 0 Å². The van der Waals surface area contributed by atoms with Gasteiger partial charge < -0.3 is 0 Å². The highest BCUT2D eigenvalue weighted by atomic mass is 35.5. The molecule has 0 aliphatic heterocycles. The van der Waals surface area contributed by atoms with Gasteiger partial charge in [0, 0.05) is 6.07 Å². The van der Waals surface area contributed by atoms with Gasteiger partial charge in [-0.25, -0.2) is 13.8 Å². The van der Waals surface area contributed by atoms with E-state index in [4.69, 9.17) is 16.9 Å². The molecule has 0 amide bonds. The third kappa shape index (κ3) is 2.23. The molecule has 0 N–H and O–H groups in total. The van der Waals surface area contributed by atoms with Crippen molar-refractivity contribution < 1.29 is 13.7 Å². The van der Waals surface area contributed by atoms with Crippen molar-refractivity contribution in [2.75, 3.05) is 0 Å². The number of hydrogen-bond donors (Lipinski definition) is 0. The summed E-state index contributed by atoms with van der Waals surface area (Å²) in [5, 5.41) is 19.1. The Labute approximate surface area is 93.4 Å². The molecule has 84 valence electrons. The van der Waals surface area contributed by atoms with Crippen LogP contribution in [0, 0.1) is 21.4 Å². The summed E-state index contributed by atoms with van der Waals surface area (Å²) < 4.78 is 25.1. The third-order valence-electron chi connectivity index (χ3n) is 1.75. The maximum absolute atomic E-state index is 12.5. The maximum atomic E-state index is 12.5. The average Bonchev–Trinajstić information content (AvgIpc) is 2.26. The molecule has 0 unspecified atom stereocenters. The molecule has 0 fully saturated rings. The molecule has 8 heteroatoms. The fraction of sp³-hybridized carbons (Fsp3) is 0.250. The number of nitriles is 1. The smallest absolute Gasteiger partial charge is 0.258 e. The largest absolute Gasteiger partial charge is 0.283 e. The van der Waals surface area contributed by atoms with Crippen LogP contribution < -0.4 is 0 Å². The van der Waals surface area contributed by atoms with Gasteiger partial charge in [0.05, 0.1) is 16.5 Å². The van der Waals surface area contributed by atoms with Crippen LogP contribution in [0.25, 0.3) is 0 Å². The molecule has 0 radical (unpaired) electrons. The lowest BCUT2D eigenvalue weighted by Gasteiger charge is -2.04. The van der Waals surface area contributed by atoms with Crippen LogP contribution in [0.3, 0.4) is 0 Å². The molecule has 16 heavy (non-hydrogen) atoms. The lowest BCUT2D eigenvalue weighted by molar-refractivity contribution is -0.386. The normalized spacial score (nSPS) is 10.2. The molecule has 5 nitrogen and oxygen atoms in total. The minimum atomic E-state index is -3.13. The Hall–Kier alpha value is -1.81. The van der Waals surface area contributed by atoms with Crippen LogP contribution in [0.2, 0.25) is 0 Å². The number of alkyl halides is 3. The van der Waals surface area contributed by atoms with Crippen LogP contribution in [-0.4, -0.2) is 9.91 Å². The quantitative estimate of drug-likeness (QED) is 0.467. The van der Waals surface area contributed by atoms with Gasteiger partial charge in [-0.15, -0.1) is 11.6 Å². The summed E-state index contributed by atoms with van der Waals surface area (Å²) in [6.45, 7) is 0. The maximum Gasteiger partial charge on any atom is 0.283 e. The number of nitro groups is 1. The standard InChI is InChI=1S/C8H4ClF2N3O2/c9-2-4-1-6(14(15)16)7(8(10)11)5(3-12)13-4/h1,8H,2H2. The van der Waals surface area contributed by atoms with Gasteiger partial charge in [0.15, 0.2) is 5.69 Å². The lowest BCUT2D eigenvalue weighted by atomic mass is 10.1. The Bertz CT molecular complexity index is 473. The number of aromatic nitrogens is 1. The van der Waals surface area contributed by atoms with E-state index < -0.39 is 28.3 Å². The van der Waals surface area contributed by atoms with E-state index in [1.54, 1.807) is 0 Å². The van der Waals surface area contributed by atoms with E-state index in [-0.39, 0.29) is 11.6 Å². The average molecular weight is 248 g/mol. The van der Waals surface area contributed by atoms with Crippen LogP contribution in [0.1, 0.15) is 23.4 Å². The Balaban J connectivity index is 3.55. The Morgan fingerprint density at radius 3 is 2.69 bits per heavy atom. The van der Waals surface area contributed by atoms with E-state index in [0.717, 1.165) is 6.07 Å². The first-order valence-corrected chi connectivity index (χ1v) is 4.47. The van der Waals surface area contributed by atoms with Gasteiger partial charge in [-0.1, -0.05) is 0 Å². The van der Waals surface area contributed by atoms with E-state index >= 15 is 0 Å². The summed E-state index contributed by atoms with van der Waals surface area (Å²) in [6, 6.07) is 2.24.